The molecule has 2 rings (SSSR count). The van der Waals surface area contributed by atoms with Gasteiger partial charge in [-0.25, -0.2) is 0 Å². The molecule has 0 unspecified atom stereocenters. The summed E-state index contributed by atoms with van der Waals surface area (Å²) < 4.78 is 5.46. The fraction of sp³-hybridized carbons (Fsp3) is 0.267. The first-order valence-corrected chi connectivity index (χ1v) is 6.66. The lowest BCUT2D eigenvalue weighted by molar-refractivity contribution is 0.149. The van der Waals surface area contributed by atoms with Gasteiger partial charge in [0.25, 0.3) is 0 Å². The van der Waals surface area contributed by atoms with E-state index >= 15 is 0 Å². The van der Waals surface area contributed by atoms with Crippen molar-refractivity contribution in [1.29, 1.82) is 0 Å². The average Bonchev–Trinajstić information content (AvgIpc) is 2.42. The quantitative estimate of drug-likeness (QED) is 0.615. The smallest absolute Gasteiger partial charge is 0.0737 e. The third-order valence-electron chi connectivity index (χ3n) is 2.73. The van der Waals surface area contributed by atoms with Gasteiger partial charge in [0, 0.05) is 28.8 Å². The van der Waals surface area contributed by atoms with Gasteiger partial charge in [-0.2, -0.15) is 0 Å². The summed E-state index contributed by atoms with van der Waals surface area (Å²) >= 11 is 5.96. The largest absolute Gasteiger partial charge is 0.382 e. The lowest BCUT2D eigenvalue weighted by atomic mass is 10.2. The maximum atomic E-state index is 5.96. The zero-order valence-corrected chi connectivity index (χ0v) is 11.5. The molecule has 100 valence electrons. The van der Waals surface area contributed by atoms with Crippen molar-refractivity contribution in [3.63, 3.8) is 0 Å². The fourth-order valence-electron chi connectivity index (χ4n) is 1.80. The molecule has 1 aromatic carbocycles. The molecule has 0 fully saturated rings. The number of aromatic nitrogens is 1. The Hall–Kier alpha value is -1.58. The second-order valence-corrected chi connectivity index (χ2v) is 4.57. The molecule has 4 heteroatoms. The summed E-state index contributed by atoms with van der Waals surface area (Å²) in [5.74, 6) is 0. The molecule has 0 atom stereocenters. The standard InChI is InChI=1S/C15H17ClN2O/c1-2-3-9-19-10-8-18-14-6-7-17-15-11-12(16)4-5-13(14)15/h2,4-7,11H,1,3,8-10H2,(H,17,18). The Morgan fingerprint density at radius 2 is 2.21 bits per heavy atom. The maximum Gasteiger partial charge on any atom is 0.0737 e. The molecule has 0 radical (unpaired) electrons. The van der Waals surface area contributed by atoms with Crippen LogP contribution in [0.3, 0.4) is 0 Å². The molecule has 0 aliphatic carbocycles. The number of nitrogens with zero attached hydrogens (tertiary/aromatic N) is 1. The maximum absolute atomic E-state index is 5.96. The van der Waals surface area contributed by atoms with Gasteiger partial charge in [-0.05, 0) is 30.7 Å². The topological polar surface area (TPSA) is 34.1 Å². The van der Waals surface area contributed by atoms with Crippen molar-refractivity contribution in [1.82, 2.24) is 4.98 Å². The molecule has 0 saturated heterocycles. The average molecular weight is 277 g/mol. The van der Waals surface area contributed by atoms with Crippen molar-refractivity contribution in [2.45, 2.75) is 6.42 Å². The Balaban J connectivity index is 1.95. The number of anilines is 1. The third-order valence-corrected chi connectivity index (χ3v) is 2.97. The zero-order chi connectivity index (χ0) is 13.5. The number of halogens is 1. The molecule has 0 aliphatic rings. The number of nitrogens with one attached hydrogen (secondary N) is 1. The van der Waals surface area contributed by atoms with Crippen LogP contribution >= 0.6 is 11.6 Å². The summed E-state index contributed by atoms with van der Waals surface area (Å²) in [6.07, 6.45) is 4.52. The van der Waals surface area contributed by atoms with Crippen LogP contribution < -0.4 is 5.32 Å². The first-order chi connectivity index (χ1) is 9.31. The second kappa shape index (κ2) is 7.12. The van der Waals surface area contributed by atoms with Crippen molar-refractivity contribution in [2.24, 2.45) is 0 Å². The first-order valence-electron chi connectivity index (χ1n) is 6.28. The van der Waals surface area contributed by atoms with Gasteiger partial charge in [0.2, 0.25) is 0 Å². The molecule has 1 aromatic heterocycles. The van der Waals surface area contributed by atoms with Crippen LogP contribution in [0.5, 0.6) is 0 Å². The van der Waals surface area contributed by atoms with Crippen LogP contribution in [0.4, 0.5) is 5.69 Å². The van der Waals surface area contributed by atoms with E-state index in [0.717, 1.165) is 36.2 Å². The van der Waals surface area contributed by atoms with Crippen LogP contribution in [-0.2, 0) is 4.74 Å². The Morgan fingerprint density at radius 1 is 1.32 bits per heavy atom. The van der Waals surface area contributed by atoms with Gasteiger partial charge in [0.05, 0.1) is 18.7 Å². The minimum Gasteiger partial charge on any atom is -0.382 e. The highest BCUT2D eigenvalue weighted by molar-refractivity contribution is 6.31. The highest BCUT2D eigenvalue weighted by Gasteiger charge is 2.01. The molecule has 1 heterocycles. The van der Waals surface area contributed by atoms with Crippen LogP contribution in [0.2, 0.25) is 5.02 Å². The molecule has 0 amide bonds. The molecule has 0 bridgehead atoms. The van der Waals surface area contributed by atoms with E-state index in [1.54, 1.807) is 6.20 Å². The van der Waals surface area contributed by atoms with E-state index in [2.05, 4.69) is 16.9 Å². The molecule has 0 saturated carbocycles. The number of benzene rings is 1. The van der Waals surface area contributed by atoms with E-state index in [1.165, 1.54) is 0 Å². The Morgan fingerprint density at radius 3 is 3.05 bits per heavy atom. The number of fused-ring (bicyclic) bond motifs is 1. The minimum atomic E-state index is 0.672. The summed E-state index contributed by atoms with van der Waals surface area (Å²) in [7, 11) is 0. The highest BCUT2D eigenvalue weighted by atomic mass is 35.5. The predicted octanol–water partition coefficient (Wildman–Crippen LogP) is 3.89. The number of rotatable bonds is 7. The van der Waals surface area contributed by atoms with Crippen LogP contribution in [-0.4, -0.2) is 24.7 Å². The Kier molecular flexibility index (Phi) is 5.19. The summed E-state index contributed by atoms with van der Waals surface area (Å²) in [5, 5.41) is 5.12. The number of hydrogen-bond acceptors (Lipinski definition) is 3. The molecule has 0 aliphatic heterocycles. The fourth-order valence-corrected chi connectivity index (χ4v) is 1.97. The van der Waals surface area contributed by atoms with Gasteiger partial charge in [0.1, 0.15) is 0 Å². The van der Waals surface area contributed by atoms with Crippen molar-refractivity contribution < 1.29 is 4.74 Å². The molecule has 3 nitrogen and oxygen atoms in total. The Labute approximate surface area is 118 Å². The normalized spacial score (nSPS) is 10.6. The van der Waals surface area contributed by atoms with Gasteiger partial charge in [-0.3, -0.25) is 4.98 Å². The van der Waals surface area contributed by atoms with E-state index in [0.29, 0.717) is 11.6 Å². The van der Waals surface area contributed by atoms with Gasteiger partial charge < -0.3 is 10.1 Å². The molecule has 1 N–H and O–H groups in total. The molecular formula is C15H17ClN2O. The number of ether oxygens (including phenoxy) is 1. The minimum absolute atomic E-state index is 0.672. The van der Waals surface area contributed by atoms with Crippen molar-refractivity contribution in [2.75, 3.05) is 25.1 Å². The van der Waals surface area contributed by atoms with E-state index in [-0.39, 0.29) is 0 Å². The number of pyridine rings is 1. The van der Waals surface area contributed by atoms with Gasteiger partial charge >= 0.3 is 0 Å². The lowest BCUT2D eigenvalue weighted by Crippen LogP contribution is -2.10. The van der Waals surface area contributed by atoms with Crippen LogP contribution in [0.15, 0.2) is 43.1 Å². The van der Waals surface area contributed by atoms with E-state index in [1.807, 2.05) is 30.3 Å². The SMILES string of the molecule is C=CCCOCCNc1ccnc2cc(Cl)ccc12. The summed E-state index contributed by atoms with van der Waals surface area (Å²) in [6, 6.07) is 7.67. The van der Waals surface area contributed by atoms with E-state index in [9.17, 15) is 0 Å². The summed E-state index contributed by atoms with van der Waals surface area (Å²) in [4.78, 5) is 4.30. The van der Waals surface area contributed by atoms with Crippen molar-refractivity contribution in [3.8, 4) is 0 Å². The lowest BCUT2D eigenvalue weighted by Gasteiger charge is -2.09. The highest BCUT2D eigenvalue weighted by Crippen LogP contribution is 2.24. The zero-order valence-electron chi connectivity index (χ0n) is 10.7. The molecule has 2 aromatic rings. The van der Waals surface area contributed by atoms with Gasteiger partial charge in [-0.15, -0.1) is 6.58 Å². The predicted molar refractivity (Wildman–Crippen MR) is 80.9 cm³/mol. The van der Waals surface area contributed by atoms with Crippen molar-refractivity contribution in [3.05, 3.63) is 48.1 Å². The monoisotopic (exact) mass is 276 g/mol. The first kappa shape index (κ1) is 13.8. The molecule has 0 spiro atoms. The summed E-state index contributed by atoms with van der Waals surface area (Å²) in [5.41, 5.74) is 1.94. The molecule has 19 heavy (non-hydrogen) atoms. The molecular weight excluding hydrogens is 260 g/mol. The van der Waals surface area contributed by atoms with Crippen LogP contribution in [0, 0.1) is 0 Å². The summed E-state index contributed by atoms with van der Waals surface area (Å²) in [6.45, 7) is 5.81. The third kappa shape index (κ3) is 3.94. The van der Waals surface area contributed by atoms with Crippen LogP contribution in [0.1, 0.15) is 6.42 Å². The second-order valence-electron chi connectivity index (χ2n) is 4.14. The van der Waals surface area contributed by atoms with Gasteiger partial charge in [-0.1, -0.05) is 17.7 Å². The number of hydrogen-bond donors (Lipinski definition) is 1. The van der Waals surface area contributed by atoms with E-state index in [4.69, 9.17) is 16.3 Å². The van der Waals surface area contributed by atoms with E-state index < -0.39 is 0 Å². The van der Waals surface area contributed by atoms with Crippen molar-refractivity contribution >= 4 is 28.2 Å². The Bertz CT molecular complexity index is 557. The van der Waals surface area contributed by atoms with Gasteiger partial charge in [0.15, 0.2) is 0 Å². The van der Waals surface area contributed by atoms with Crippen LogP contribution in [0.25, 0.3) is 10.9 Å².